The van der Waals surface area contributed by atoms with Crippen molar-refractivity contribution >= 4 is 36.2 Å². The number of carbonyl (C=O) groups excluding carboxylic acids is 2. The third-order valence-corrected chi connectivity index (χ3v) is 5.40. The number of nitrogens with zero attached hydrogens (tertiary/aromatic N) is 2. The van der Waals surface area contributed by atoms with E-state index in [1.807, 2.05) is 24.3 Å². The first-order valence-electron chi connectivity index (χ1n) is 10.9. The third kappa shape index (κ3) is 6.50. The Hall–Kier alpha value is -4.07. The van der Waals surface area contributed by atoms with E-state index in [-0.39, 0.29) is 12.0 Å². The Labute approximate surface area is 203 Å². The normalized spacial score (nSPS) is 13.0. The number of rotatable bonds is 8. The summed E-state index contributed by atoms with van der Waals surface area (Å²) in [6, 6.07) is 16.1. The molecule has 0 bridgehead atoms. The van der Waals surface area contributed by atoms with Crippen LogP contribution in [0, 0.1) is 11.3 Å². The molecule has 0 aliphatic rings. The van der Waals surface area contributed by atoms with Crippen LogP contribution in [0.4, 0.5) is 4.79 Å². The first kappa shape index (κ1) is 25.6. The van der Waals surface area contributed by atoms with Gasteiger partial charge >= 0.3 is 13.2 Å². The minimum Gasteiger partial charge on any atom is -0.464 e. The lowest BCUT2D eigenvalue weighted by Crippen LogP contribution is -2.48. The number of hydrogen-bond acceptors (Lipinski definition) is 7. The van der Waals surface area contributed by atoms with Gasteiger partial charge in [0, 0.05) is 19.5 Å². The molecular formula is C25H26BN3O6. The molecule has 0 spiro atoms. The van der Waals surface area contributed by atoms with Crippen molar-refractivity contribution < 1.29 is 28.8 Å². The molecule has 9 nitrogen and oxygen atoms in total. The molecule has 3 rings (SSSR count). The summed E-state index contributed by atoms with van der Waals surface area (Å²) in [7, 11) is 1.30. The predicted molar refractivity (Wildman–Crippen MR) is 131 cm³/mol. The summed E-state index contributed by atoms with van der Waals surface area (Å²) in [6.45, 7) is 1.66. The van der Waals surface area contributed by atoms with Crippen molar-refractivity contribution in [1.82, 2.24) is 10.2 Å². The van der Waals surface area contributed by atoms with Crippen LogP contribution < -0.4 is 5.32 Å². The lowest BCUT2D eigenvalue weighted by Gasteiger charge is -2.20. The molecule has 180 valence electrons. The zero-order valence-electron chi connectivity index (χ0n) is 19.6. The van der Waals surface area contributed by atoms with E-state index in [1.165, 1.54) is 17.2 Å². The maximum Gasteiger partial charge on any atom is 0.475 e. The van der Waals surface area contributed by atoms with Crippen LogP contribution in [-0.4, -0.2) is 54.1 Å². The molecule has 2 amide bonds. The van der Waals surface area contributed by atoms with Crippen LogP contribution in [0.25, 0.3) is 17.0 Å². The predicted octanol–water partition coefficient (Wildman–Crippen LogP) is 2.84. The molecule has 2 unspecified atom stereocenters. The molecule has 0 fully saturated rings. The Morgan fingerprint density at radius 1 is 1.23 bits per heavy atom. The van der Waals surface area contributed by atoms with E-state index in [0.29, 0.717) is 22.3 Å². The maximum absolute atomic E-state index is 12.5. The minimum absolute atomic E-state index is 0.0231. The van der Waals surface area contributed by atoms with Gasteiger partial charge in [-0.25, -0.2) is 4.79 Å². The first-order valence-corrected chi connectivity index (χ1v) is 10.9. The number of amides is 2. The summed E-state index contributed by atoms with van der Waals surface area (Å²) in [5, 5.41) is 32.2. The second kappa shape index (κ2) is 11.4. The Bertz CT molecular complexity index is 1280. The first-order chi connectivity index (χ1) is 16.7. The quantitative estimate of drug-likeness (QED) is 0.259. The van der Waals surface area contributed by atoms with Gasteiger partial charge in [0.2, 0.25) is 0 Å². The summed E-state index contributed by atoms with van der Waals surface area (Å²) in [5.41, 5.74) is 2.58. The van der Waals surface area contributed by atoms with Crippen LogP contribution in [0.5, 0.6) is 0 Å². The highest BCUT2D eigenvalue weighted by atomic mass is 16.6. The van der Waals surface area contributed by atoms with Gasteiger partial charge in [0.1, 0.15) is 23.3 Å². The molecule has 10 heteroatoms. The number of likely N-dealkylation sites (N-methyl/N-ethyl adjacent to an activating group) is 1. The highest BCUT2D eigenvalue weighted by molar-refractivity contribution is 6.43. The van der Waals surface area contributed by atoms with Crippen molar-refractivity contribution in [3.8, 4) is 6.07 Å². The van der Waals surface area contributed by atoms with E-state index in [0.717, 1.165) is 5.39 Å². The minimum atomic E-state index is -1.82. The number of para-hydroxylation sites is 1. The van der Waals surface area contributed by atoms with E-state index in [2.05, 4.69) is 5.32 Å². The molecule has 3 N–H and O–H groups in total. The number of fused-ring (bicyclic) bond motifs is 1. The fourth-order valence-corrected chi connectivity index (χ4v) is 3.52. The number of nitriles is 1. The van der Waals surface area contributed by atoms with Crippen LogP contribution in [-0.2, 0) is 16.0 Å². The van der Waals surface area contributed by atoms with Gasteiger partial charge in [0.15, 0.2) is 0 Å². The van der Waals surface area contributed by atoms with Gasteiger partial charge in [-0.2, -0.15) is 5.26 Å². The number of ether oxygens (including phenoxy) is 1. The zero-order valence-corrected chi connectivity index (χ0v) is 19.6. The Morgan fingerprint density at radius 2 is 1.97 bits per heavy atom. The van der Waals surface area contributed by atoms with Crippen molar-refractivity contribution in [1.29, 1.82) is 5.26 Å². The average Bonchev–Trinajstić information content (AvgIpc) is 3.24. The van der Waals surface area contributed by atoms with E-state index < -0.39 is 31.2 Å². The lowest BCUT2D eigenvalue weighted by molar-refractivity contribution is -0.124. The molecule has 0 aliphatic carbocycles. The van der Waals surface area contributed by atoms with Gasteiger partial charge in [0.25, 0.3) is 5.91 Å². The average molecular weight is 475 g/mol. The van der Waals surface area contributed by atoms with Crippen molar-refractivity contribution in [3.63, 3.8) is 0 Å². The monoisotopic (exact) mass is 475 g/mol. The Kier molecular flexibility index (Phi) is 8.31. The van der Waals surface area contributed by atoms with E-state index >= 15 is 0 Å². The van der Waals surface area contributed by atoms with Crippen molar-refractivity contribution in [2.24, 2.45) is 0 Å². The van der Waals surface area contributed by atoms with Gasteiger partial charge < -0.3 is 29.4 Å². The zero-order chi connectivity index (χ0) is 25.5. The summed E-state index contributed by atoms with van der Waals surface area (Å²) >= 11 is 0. The summed E-state index contributed by atoms with van der Waals surface area (Å²) in [4.78, 5) is 25.9. The largest absolute Gasteiger partial charge is 0.475 e. The van der Waals surface area contributed by atoms with Gasteiger partial charge in [-0.15, -0.1) is 0 Å². The highest BCUT2D eigenvalue weighted by Crippen LogP contribution is 2.23. The Balaban J connectivity index is 1.68. The number of alkyl carbamates (subject to hydrolysis) is 1. The summed E-state index contributed by atoms with van der Waals surface area (Å²) in [6.07, 6.45) is 1.58. The second-order valence-electron chi connectivity index (χ2n) is 8.21. The van der Waals surface area contributed by atoms with Crippen molar-refractivity contribution in [3.05, 3.63) is 77.1 Å². The smallest absolute Gasteiger partial charge is 0.464 e. The van der Waals surface area contributed by atoms with Gasteiger partial charge in [-0.3, -0.25) is 4.79 Å². The summed E-state index contributed by atoms with van der Waals surface area (Å²) < 4.78 is 10.9. The maximum atomic E-state index is 12.5. The van der Waals surface area contributed by atoms with Crippen molar-refractivity contribution in [2.45, 2.75) is 25.4 Å². The molecule has 0 radical (unpaired) electrons. The van der Waals surface area contributed by atoms with Crippen LogP contribution >= 0.6 is 0 Å². The fraction of sp³-hybridized carbons (Fsp3) is 0.240. The number of benzene rings is 2. The van der Waals surface area contributed by atoms with Gasteiger partial charge in [-0.1, -0.05) is 36.4 Å². The van der Waals surface area contributed by atoms with E-state index in [1.54, 1.807) is 51.4 Å². The van der Waals surface area contributed by atoms with Crippen LogP contribution in [0.3, 0.4) is 0 Å². The molecule has 2 atom stereocenters. The van der Waals surface area contributed by atoms with Crippen LogP contribution in [0.2, 0.25) is 0 Å². The molecule has 0 aliphatic heterocycles. The molecule has 1 heterocycles. The molecule has 0 saturated carbocycles. The van der Waals surface area contributed by atoms with Crippen molar-refractivity contribution in [2.75, 3.05) is 14.1 Å². The number of nitrogens with one attached hydrogen (secondary N) is 1. The standard InChI is InChI=1S/C25H26BN3O6/c1-16(18-8-6-7-17(11-18)12-19(14-27)24(30)29(2)3)35-25(31)28-23(26(32)33)13-20-15-34-22-10-5-4-9-21(20)22/h4-12,15-16,23,32-33H,13H2,1-3H3,(H,28,31). The SMILES string of the molecule is CC(OC(=O)NC(Cc1coc2ccccc12)B(O)O)c1cccc(C=C(C#N)C(=O)N(C)C)c1. The van der Waals surface area contributed by atoms with E-state index in [4.69, 9.17) is 9.15 Å². The second-order valence-corrected chi connectivity index (χ2v) is 8.21. The molecular weight excluding hydrogens is 449 g/mol. The molecule has 0 saturated heterocycles. The van der Waals surface area contributed by atoms with Gasteiger partial charge in [-0.05, 0) is 48.2 Å². The summed E-state index contributed by atoms with van der Waals surface area (Å²) in [5.74, 6) is -1.44. The number of carbonyl (C=O) groups is 2. The molecule has 1 aromatic heterocycles. The molecule has 3 aromatic rings. The fourth-order valence-electron chi connectivity index (χ4n) is 3.52. The Morgan fingerprint density at radius 3 is 2.66 bits per heavy atom. The number of furan rings is 1. The molecule has 35 heavy (non-hydrogen) atoms. The van der Waals surface area contributed by atoms with Crippen LogP contribution in [0.1, 0.15) is 29.7 Å². The van der Waals surface area contributed by atoms with Crippen LogP contribution in [0.15, 0.2) is 64.8 Å². The molecule has 2 aromatic carbocycles. The third-order valence-electron chi connectivity index (χ3n) is 5.40. The van der Waals surface area contributed by atoms with E-state index in [9.17, 15) is 24.9 Å². The number of hydrogen-bond donors (Lipinski definition) is 3. The highest BCUT2D eigenvalue weighted by Gasteiger charge is 2.28. The lowest BCUT2D eigenvalue weighted by atomic mass is 9.76. The van der Waals surface area contributed by atoms with Gasteiger partial charge in [0.05, 0.1) is 12.2 Å². The topological polar surface area (TPSA) is 136 Å².